The summed E-state index contributed by atoms with van der Waals surface area (Å²) >= 11 is 1.73. The lowest BCUT2D eigenvalue weighted by atomic mass is 10.1. The lowest BCUT2D eigenvalue weighted by Gasteiger charge is -2.35. The summed E-state index contributed by atoms with van der Waals surface area (Å²) in [6.45, 7) is 5.20. The summed E-state index contributed by atoms with van der Waals surface area (Å²) in [6.07, 6.45) is 6.55. The molecule has 0 spiro atoms. The molecule has 0 saturated carbocycles. The Morgan fingerprint density at radius 3 is 2.65 bits per heavy atom. The predicted molar refractivity (Wildman–Crippen MR) is 104 cm³/mol. The third-order valence-electron chi connectivity index (χ3n) is 4.74. The number of carbonyl (C=O) groups excluding carboxylic acids is 1. The smallest absolute Gasteiger partial charge is 0.227 e. The van der Waals surface area contributed by atoms with Crippen molar-refractivity contribution in [3.05, 3.63) is 47.4 Å². The number of aromatic nitrogens is 3. The summed E-state index contributed by atoms with van der Waals surface area (Å²) < 4.78 is 0. The number of pyridine rings is 1. The van der Waals surface area contributed by atoms with Gasteiger partial charge in [0, 0.05) is 43.4 Å². The van der Waals surface area contributed by atoms with Gasteiger partial charge in [-0.05, 0) is 30.2 Å². The molecule has 0 unspecified atom stereocenters. The number of hydrogen-bond donors (Lipinski definition) is 0. The van der Waals surface area contributed by atoms with Crippen LogP contribution in [0.1, 0.15) is 17.4 Å². The van der Waals surface area contributed by atoms with Crippen LogP contribution < -0.4 is 4.90 Å². The van der Waals surface area contributed by atoms with Gasteiger partial charge in [-0.2, -0.15) is 0 Å². The quantitative estimate of drug-likeness (QED) is 0.709. The van der Waals surface area contributed by atoms with Gasteiger partial charge in [0.2, 0.25) is 5.91 Å². The minimum Gasteiger partial charge on any atom is -0.352 e. The Hall–Kier alpha value is -2.54. The van der Waals surface area contributed by atoms with E-state index in [1.165, 1.54) is 4.88 Å². The van der Waals surface area contributed by atoms with Gasteiger partial charge in [-0.25, -0.2) is 9.97 Å². The molecule has 4 rings (SSSR count). The van der Waals surface area contributed by atoms with Gasteiger partial charge in [0.25, 0.3) is 0 Å². The lowest BCUT2D eigenvalue weighted by Crippen LogP contribution is -2.49. The summed E-state index contributed by atoms with van der Waals surface area (Å²) in [7, 11) is 0. The summed E-state index contributed by atoms with van der Waals surface area (Å²) in [5.74, 6) is 1.17. The van der Waals surface area contributed by atoms with Crippen molar-refractivity contribution in [3.8, 4) is 0 Å². The third kappa shape index (κ3) is 3.39. The molecule has 26 heavy (non-hydrogen) atoms. The number of carbonyl (C=O) groups is 1. The number of rotatable bonds is 4. The van der Waals surface area contributed by atoms with Crippen molar-refractivity contribution >= 4 is 33.3 Å². The first-order chi connectivity index (χ1) is 12.7. The molecule has 0 atom stereocenters. The molecule has 6 nitrogen and oxygen atoms in total. The number of nitrogens with zero attached hydrogens (tertiary/aromatic N) is 5. The highest BCUT2D eigenvalue weighted by Crippen LogP contribution is 2.30. The molecular weight excluding hydrogens is 346 g/mol. The van der Waals surface area contributed by atoms with E-state index in [4.69, 9.17) is 0 Å². The first kappa shape index (κ1) is 16.9. The Labute approximate surface area is 156 Å². The fourth-order valence-corrected chi connectivity index (χ4v) is 4.20. The zero-order valence-electron chi connectivity index (χ0n) is 14.8. The van der Waals surface area contributed by atoms with E-state index < -0.39 is 0 Å². The zero-order valence-corrected chi connectivity index (χ0v) is 15.6. The van der Waals surface area contributed by atoms with Gasteiger partial charge in [0.05, 0.1) is 11.8 Å². The molecule has 0 aromatic carbocycles. The van der Waals surface area contributed by atoms with Crippen LogP contribution in [0.15, 0.2) is 36.9 Å². The molecule has 0 aliphatic carbocycles. The molecule has 1 aliphatic heterocycles. The zero-order chi connectivity index (χ0) is 17.9. The molecular formula is C19H21N5OS. The van der Waals surface area contributed by atoms with E-state index in [9.17, 15) is 4.79 Å². The SMILES string of the molecule is CCc1cc2c(N3CCN(C(=O)Cc4ccncc4)CC3)ncnc2s1. The van der Waals surface area contributed by atoms with Crippen LogP contribution in [0.3, 0.4) is 0 Å². The van der Waals surface area contributed by atoms with Crippen molar-refractivity contribution in [2.75, 3.05) is 31.1 Å². The first-order valence-electron chi connectivity index (χ1n) is 8.89. The second-order valence-corrected chi connectivity index (χ2v) is 7.50. The largest absolute Gasteiger partial charge is 0.352 e. The first-order valence-corrected chi connectivity index (χ1v) is 9.71. The fourth-order valence-electron chi connectivity index (χ4n) is 3.27. The number of hydrogen-bond acceptors (Lipinski definition) is 6. The Bertz CT molecular complexity index is 903. The molecule has 4 heterocycles. The molecule has 3 aromatic heterocycles. The van der Waals surface area contributed by atoms with E-state index in [1.54, 1.807) is 30.1 Å². The standard InChI is InChI=1S/C19H21N5OS/c1-2-15-12-16-18(21-13-22-19(16)26-15)24-9-7-23(8-10-24)17(25)11-14-3-5-20-6-4-14/h3-6,12-13H,2,7-11H2,1H3. The number of thiophene rings is 1. The molecule has 1 aliphatic rings. The van der Waals surface area contributed by atoms with Crippen LogP contribution in [0.5, 0.6) is 0 Å². The summed E-state index contributed by atoms with van der Waals surface area (Å²) in [5.41, 5.74) is 1.01. The number of aryl methyl sites for hydroxylation is 1. The van der Waals surface area contributed by atoms with E-state index >= 15 is 0 Å². The van der Waals surface area contributed by atoms with E-state index in [1.807, 2.05) is 17.0 Å². The van der Waals surface area contributed by atoms with Crippen molar-refractivity contribution in [1.29, 1.82) is 0 Å². The Morgan fingerprint density at radius 2 is 1.92 bits per heavy atom. The number of amides is 1. The minimum absolute atomic E-state index is 0.174. The molecule has 0 bridgehead atoms. The number of piperazine rings is 1. The van der Waals surface area contributed by atoms with E-state index in [0.29, 0.717) is 6.42 Å². The highest BCUT2D eigenvalue weighted by atomic mass is 32.1. The highest BCUT2D eigenvalue weighted by Gasteiger charge is 2.23. The molecule has 1 amide bonds. The maximum Gasteiger partial charge on any atom is 0.227 e. The van der Waals surface area contributed by atoms with Gasteiger partial charge in [-0.15, -0.1) is 11.3 Å². The molecule has 1 fully saturated rings. The Kier molecular flexibility index (Phi) is 4.79. The van der Waals surface area contributed by atoms with Crippen LogP contribution in [0.4, 0.5) is 5.82 Å². The Balaban J connectivity index is 1.44. The third-order valence-corrected chi connectivity index (χ3v) is 5.93. The van der Waals surface area contributed by atoms with E-state index in [2.05, 4.69) is 32.8 Å². The summed E-state index contributed by atoms with van der Waals surface area (Å²) in [6, 6.07) is 6.00. The van der Waals surface area contributed by atoms with Gasteiger partial charge in [-0.1, -0.05) is 6.92 Å². The topological polar surface area (TPSA) is 62.2 Å². The maximum absolute atomic E-state index is 12.5. The van der Waals surface area contributed by atoms with Crippen LogP contribution in [0.25, 0.3) is 10.2 Å². The molecule has 1 saturated heterocycles. The Morgan fingerprint density at radius 1 is 1.15 bits per heavy atom. The molecule has 134 valence electrons. The summed E-state index contributed by atoms with van der Waals surface area (Å²) in [4.78, 5) is 32.0. The normalized spacial score (nSPS) is 14.8. The number of fused-ring (bicyclic) bond motifs is 1. The van der Waals surface area contributed by atoms with E-state index in [-0.39, 0.29) is 5.91 Å². The van der Waals surface area contributed by atoms with Gasteiger partial charge in [-0.3, -0.25) is 9.78 Å². The van der Waals surface area contributed by atoms with Gasteiger partial charge in [0.15, 0.2) is 0 Å². The van der Waals surface area contributed by atoms with Crippen LogP contribution in [-0.4, -0.2) is 51.9 Å². The molecule has 3 aromatic rings. The van der Waals surface area contributed by atoms with Crippen molar-refractivity contribution in [1.82, 2.24) is 19.9 Å². The van der Waals surface area contributed by atoms with Crippen molar-refractivity contribution < 1.29 is 4.79 Å². The van der Waals surface area contributed by atoms with E-state index in [0.717, 1.165) is 54.2 Å². The van der Waals surface area contributed by atoms with Crippen LogP contribution >= 0.6 is 11.3 Å². The predicted octanol–water partition coefficient (Wildman–Crippen LogP) is 2.54. The van der Waals surface area contributed by atoms with Crippen LogP contribution in [0.2, 0.25) is 0 Å². The lowest BCUT2D eigenvalue weighted by molar-refractivity contribution is -0.130. The molecule has 0 radical (unpaired) electrons. The monoisotopic (exact) mass is 367 g/mol. The summed E-state index contributed by atoms with van der Waals surface area (Å²) in [5, 5.41) is 1.13. The molecule has 7 heteroatoms. The van der Waals surface area contributed by atoms with Gasteiger partial charge < -0.3 is 9.80 Å². The fraction of sp³-hybridized carbons (Fsp3) is 0.368. The van der Waals surface area contributed by atoms with Crippen molar-refractivity contribution in [2.45, 2.75) is 19.8 Å². The van der Waals surface area contributed by atoms with Crippen LogP contribution in [-0.2, 0) is 17.6 Å². The average molecular weight is 367 g/mol. The van der Waals surface area contributed by atoms with Crippen molar-refractivity contribution in [2.24, 2.45) is 0 Å². The second-order valence-electron chi connectivity index (χ2n) is 6.38. The average Bonchev–Trinajstić information content (AvgIpc) is 3.12. The van der Waals surface area contributed by atoms with Crippen molar-refractivity contribution in [3.63, 3.8) is 0 Å². The number of anilines is 1. The van der Waals surface area contributed by atoms with Gasteiger partial charge in [0.1, 0.15) is 17.0 Å². The maximum atomic E-state index is 12.5. The minimum atomic E-state index is 0.174. The van der Waals surface area contributed by atoms with Crippen LogP contribution in [0, 0.1) is 0 Å². The second kappa shape index (κ2) is 7.37. The van der Waals surface area contributed by atoms with Gasteiger partial charge >= 0.3 is 0 Å². The molecule has 0 N–H and O–H groups in total. The highest BCUT2D eigenvalue weighted by molar-refractivity contribution is 7.18.